The van der Waals surface area contributed by atoms with Crippen LogP contribution in [0.4, 0.5) is 4.79 Å². The van der Waals surface area contributed by atoms with Crippen molar-refractivity contribution in [3.05, 3.63) is 0 Å². The van der Waals surface area contributed by atoms with E-state index in [9.17, 15) is 4.79 Å². The van der Waals surface area contributed by atoms with E-state index in [1.807, 2.05) is 11.8 Å². The quantitative estimate of drug-likeness (QED) is 0.690. The van der Waals surface area contributed by atoms with Gasteiger partial charge in [0.25, 0.3) is 0 Å². The van der Waals surface area contributed by atoms with Crippen molar-refractivity contribution in [2.45, 2.75) is 26.2 Å². The van der Waals surface area contributed by atoms with Gasteiger partial charge in [-0.15, -0.1) is 0 Å². The molecule has 14 heavy (non-hydrogen) atoms. The van der Waals surface area contributed by atoms with Gasteiger partial charge in [-0.25, -0.2) is 4.79 Å². The van der Waals surface area contributed by atoms with Gasteiger partial charge in [0.15, 0.2) is 0 Å². The molecule has 4 heteroatoms. The fourth-order valence-corrected chi connectivity index (χ4v) is 1.87. The molecular formula is C10H21N3O. The van der Waals surface area contributed by atoms with Gasteiger partial charge >= 0.3 is 6.03 Å². The highest BCUT2D eigenvalue weighted by Gasteiger charge is 2.20. The Morgan fingerprint density at radius 3 is 3.00 bits per heavy atom. The van der Waals surface area contributed by atoms with Crippen LogP contribution in [-0.2, 0) is 0 Å². The van der Waals surface area contributed by atoms with E-state index in [4.69, 9.17) is 5.73 Å². The van der Waals surface area contributed by atoms with Crippen LogP contribution in [-0.4, -0.2) is 37.1 Å². The predicted octanol–water partition coefficient (Wildman–Crippen LogP) is 0.777. The average Bonchev–Trinajstić information content (AvgIpc) is 2.43. The highest BCUT2D eigenvalue weighted by atomic mass is 16.2. The van der Waals surface area contributed by atoms with Crippen molar-refractivity contribution >= 4 is 6.03 Å². The molecule has 0 radical (unpaired) electrons. The maximum absolute atomic E-state index is 11.6. The predicted molar refractivity (Wildman–Crippen MR) is 57.0 cm³/mol. The van der Waals surface area contributed by atoms with Gasteiger partial charge in [0.2, 0.25) is 0 Å². The van der Waals surface area contributed by atoms with Crippen molar-refractivity contribution in [3.63, 3.8) is 0 Å². The molecule has 0 aromatic rings. The van der Waals surface area contributed by atoms with E-state index in [-0.39, 0.29) is 6.03 Å². The topological polar surface area (TPSA) is 58.4 Å². The number of hydrogen-bond donors (Lipinski definition) is 2. The molecular weight excluding hydrogens is 178 g/mol. The van der Waals surface area contributed by atoms with Crippen molar-refractivity contribution < 1.29 is 4.79 Å². The minimum absolute atomic E-state index is 0.0628. The smallest absolute Gasteiger partial charge is 0.317 e. The summed E-state index contributed by atoms with van der Waals surface area (Å²) in [5.41, 5.74) is 5.65. The summed E-state index contributed by atoms with van der Waals surface area (Å²) in [5, 5.41) is 2.83. The molecule has 0 aromatic carbocycles. The van der Waals surface area contributed by atoms with Crippen LogP contribution < -0.4 is 11.1 Å². The molecule has 1 saturated heterocycles. The van der Waals surface area contributed by atoms with Crippen LogP contribution in [0.5, 0.6) is 0 Å². The van der Waals surface area contributed by atoms with Crippen molar-refractivity contribution in [1.82, 2.24) is 10.2 Å². The lowest BCUT2D eigenvalue weighted by atomic mass is 10.0. The molecule has 82 valence electrons. The van der Waals surface area contributed by atoms with Crippen LogP contribution in [0, 0.1) is 5.92 Å². The van der Waals surface area contributed by atoms with E-state index in [0.29, 0.717) is 19.0 Å². The molecule has 0 aliphatic carbocycles. The first-order valence-corrected chi connectivity index (χ1v) is 5.50. The first-order valence-electron chi connectivity index (χ1n) is 5.50. The molecule has 1 atom stereocenters. The second kappa shape index (κ2) is 5.86. The number of amides is 2. The SMILES string of the molecule is CCNC(=O)N1CCCCC(CN)C1. The summed E-state index contributed by atoms with van der Waals surface area (Å²) in [6.07, 6.45) is 3.46. The molecule has 1 aliphatic heterocycles. The Balaban J connectivity index is 2.45. The standard InChI is InChI=1S/C10H21N3O/c1-2-12-10(14)13-6-4-3-5-9(7-11)8-13/h9H,2-8,11H2,1H3,(H,12,14). The largest absolute Gasteiger partial charge is 0.338 e. The third-order valence-electron chi connectivity index (χ3n) is 2.72. The van der Waals surface area contributed by atoms with Gasteiger partial charge in [-0.2, -0.15) is 0 Å². The molecule has 0 bridgehead atoms. The van der Waals surface area contributed by atoms with Crippen molar-refractivity contribution in [2.75, 3.05) is 26.2 Å². The summed E-state index contributed by atoms with van der Waals surface area (Å²) >= 11 is 0. The number of urea groups is 1. The van der Waals surface area contributed by atoms with Gasteiger partial charge in [-0.05, 0) is 32.2 Å². The molecule has 1 heterocycles. The summed E-state index contributed by atoms with van der Waals surface area (Å²) in [6.45, 7) is 5.03. The van der Waals surface area contributed by atoms with Crippen LogP contribution in [0.3, 0.4) is 0 Å². The molecule has 0 saturated carbocycles. The summed E-state index contributed by atoms with van der Waals surface area (Å²) in [5.74, 6) is 0.486. The minimum Gasteiger partial charge on any atom is -0.338 e. The van der Waals surface area contributed by atoms with Crippen LogP contribution in [0.25, 0.3) is 0 Å². The Morgan fingerprint density at radius 2 is 2.36 bits per heavy atom. The molecule has 1 rings (SSSR count). The number of carbonyl (C=O) groups is 1. The van der Waals surface area contributed by atoms with E-state index in [1.165, 1.54) is 6.42 Å². The maximum Gasteiger partial charge on any atom is 0.317 e. The maximum atomic E-state index is 11.6. The third kappa shape index (κ3) is 3.18. The van der Waals surface area contributed by atoms with E-state index in [0.717, 1.165) is 25.9 Å². The number of nitrogens with zero attached hydrogens (tertiary/aromatic N) is 1. The van der Waals surface area contributed by atoms with E-state index in [1.54, 1.807) is 0 Å². The lowest BCUT2D eigenvalue weighted by Gasteiger charge is -2.23. The number of rotatable bonds is 2. The summed E-state index contributed by atoms with van der Waals surface area (Å²) in [7, 11) is 0. The summed E-state index contributed by atoms with van der Waals surface area (Å²) in [6, 6.07) is 0.0628. The molecule has 2 amide bonds. The first kappa shape index (κ1) is 11.3. The number of carbonyl (C=O) groups excluding carboxylic acids is 1. The highest BCUT2D eigenvalue weighted by molar-refractivity contribution is 5.74. The Bertz CT molecular complexity index is 184. The molecule has 1 unspecified atom stereocenters. The zero-order valence-electron chi connectivity index (χ0n) is 8.96. The molecule has 4 nitrogen and oxygen atoms in total. The normalized spacial score (nSPS) is 23.0. The Labute approximate surface area is 85.8 Å². The lowest BCUT2D eigenvalue weighted by molar-refractivity contribution is 0.193. The van der Waals surface area contributed by atoms with Crippen LogP contribution >= 0.6 is 0 Å². The van der Waals surface area contributed by atoms with Gasteiger partial charge < -0.3 is 16.0 Å². The van der Waals surface area contributed by atoms with Crippen LogP contribution in [0.1, 0.15) is 26.2 Å². The second-order valence-corrected chi connectivity index (χ2v) is 3.88. The lowest BCUT2D eigenvalue weighted by Crippen LogP contribution is -2.42. The summed E-state index contributed by atoms with van der Waals surface area (Å²) in [4.78, 5) is 13.5. The Hall–Kier alpha value is -0.770. The first-order chi connectivity index (χ1) is 6.77. The number of nitrogens with two attached hydrogens (primary N) is 1. The van der Waals surface area contributed by atoms with Gasteiger partial charge in [0.1, 0.15) is 0 Å². The van der Waals surface area contributed by atoms with Gasteiger partial charge in [0.05, 0.1) is 0 Å². The fraction of sp³-hybridized carbons (Fsp3) is 0.900. The summed E-state index contributed by atoms with van der Waals surface area (Å²) < 4.78 is 0. The molecule has 3 N–H and O–H groups in total. The molecule has 0 aromatic heterocycles. The second-order valence-electron chi connectivity index (χ2n) is 3.88. The van der Waals surface area contributed by atoms with E-state index < -0.39 is 0 Å². The highest BCUT2D eigenvalue weighted by Crippen LogP contribution is 2.15. The number of nitrogens with one attached hydrogen (secondary N) is 1. The van der Waals surface area contributed by atoms with Gasteiger partial charge in [-0.1, -0.05) is 6.42 Å². The average molecular weight is 199 g/mol. The number of hydrogen-bond acceptors (Lipinski definition) is 2. The minimum atomic E-state index is 0.0628. The van der Waals surface area contributed by atoms with E-state index in [2.05, 4.69) is 5.32 Å². The van der Waals surface area contributed by atoms with E-state index >= 15 is 0 Å². The third-order valence-corrected chi connectivity index (χ3v) is 2.72. The van der Waals surface area contributed by atoms with Crippen molar-refractivity contribution in [1.29, 1.82) is 0 Å². The molecule has 1 fully saturated rings. The van der Waals surface area contributed by atoms with Crippen molar-refractivity contribution in [2.24, 2.45) is 11.7 Å². The van der Waals surface area contributed by atoms with Gasteiger partial charge in [0, 0.05) is 19.6 Å². The van der Waals surface area contributed by atoms with Crippen LogP contribution in [0.15, 0.2) is 0 Å². The molecule has 0 spiro atoms. The zero-order chi connectivity index (χ0) is 10.4. The zero-order valence-corrected chi connectivity index (χ0v) is 8.96. The number of likely N-dealkylation sites (tertiary alicyclic amines) is 1. The van der Waals surface area contributed by atoms with Crippen molar-refractivity contribution in [3.8, 4) is 0 Å². The van der Waals surface area contributed by atoms with Gasteiger partial charge in [-0.3, -0.25) is 0 Å². The fourth-order valence-electron chi connectivity index (χ4n) is 1.87. The molecule has 1 aliphatic rings. The Kier molecular flexibility index (Phi) is 4.73. The Morgan fingerprint density at radius 1 is 1.57 bits per heavy atom. The van der Waals surface area contributed by atoms with Crippen LogP contribution in [0.2, 0.25) is 0 Å². The monoisotopic (exact) mass is 199 g/mol.